The summed E-state index contributed by atoms with van der Waals surface area (Å²) in [7, 11) is 0. The number of rotatable bonds is 9. The minimum Gasteiger partial charge on any atom is -0.618 e. The maximum absolute atomic E-state index is 13.9. The standard InChI is InChI=1S/C36H35ClN6O3/c37-31-12-14-34(42-24-38-39-40-42)33(21-31)30-11-13-35(43(45)22-30)32(19-25-5-2-1-3-6-25)29-8-4-7-28(20-29)27-15-17-41(18-16-27)36(44)46-23-26-9-10-26/h1-8,11-14,20-22,24,26-27,32H,9-10,15-19,23H2/t32-/m0/s1. The SMILES string of the molecule is O=C(OCC1CC1)N1CCC(c2cccc([C@H](Cc3ccccc3)c3ccc(-c4cc(Cl)ccc4-n4cnnn4)c[n+]3[O-])c2)CC1. The van der Waals surface area contributed by atoms with E-state index in [-0.39, 0.29) is 12.0 Å². The molecule has 0 spiro atoms. The fraction of sp³-hybridized carbons (Fsp3) is 0.306. The monoisotopic (exact) mass is 634 g/mol. The number of ether oxygens (including phenoxy) is 1. The number of amides is 1. The summed E-state index contributed by atoms with van der Waals surface area (Å²) in [6.45, 7) is 1.91. The van der Waals surface area contributed by atoms with E-state index in [1.165, 1.54) is 11.9 Å². The molecule has 0 N–H and O–H groups in total. The fourth-order valence-corrected chi connectivity index (χ4v) is 6.54. The van der Waals surface area contributed by atoms with Gasteiger partial charge in [0.15, 0.2) is 6.20 Å². The first-order valence-electron chi connectivity index (χ1n) is 15.8. The second kappa shape index (κ2) is 13.3. The summed E-state index contributed by atoms with van der Waals surface area (Å²) in [5.74, 6) is 0.715. The van der Waals surface area contributed by atoms with Crippen molar-refractivity contribution in [3.63, 3.8) is 0 Å². The molecular weight excluding hydrogens is 600 g/mol. The largest absolute Gasteiger partial charge is 0.618 e. The van der Waals surface area contributed by atoms with E-state index in [9.17, 15) is 10.0 Å². The molecule has 3 heterocycles. The minimum absolute atomic E-state index is 0.176. The van der Waals surface area contributed by atoms with Crippen LogP contribution in [0.1, 0.15) is 59.9 Å². The summed E-state index contributed by atoms with van der Waals surface area (Å²) in [6, 6.07) is 28.2. The molecule has 1 aliphatic carbocycles. The molecule has 0 unspecified atom stereocenters. The number of hydrogen-bond donors (Lipinski definition) is 0. The smallest absolute Gasteiger partial charge is 0.409 e. The molecule has 1 saturated heterocycles. The molecule has 1 saturated carbocycles. The zero-order valence-electron chi connectivity index (χ0n) is 25.4. The topological polar surface area (TPSA) is 100 Å². The Morgan fingerprint density at radius 3 is 2.54 bits per heavy atom. The van der Waals surface area contributed by atoms with E-state index in [0.717, 1.165) is 52.8 Å². The van der Waals surface area contributed by atoms with E-state index < -0.39 is 0 Å². The molecule has 234 valence electrons. The van der Waals surface area contributed by atoms with Crippen LogP contribution in [0.2, 0.25) is 5.02 Å². The van der Waals surface area contributed by atoms with Crippen molar-refractivity contribution in [3.8, 4) is 16.8 Å². The number of piperidine rings is 1. The predicted molar refractivity (Wildman–Crippen MR) is 175 cm³/mol. The Balaban J connectivity index is 1.16. The van der Waals surface area contributed by atoms with Crippen molar-refractivity contribution in [1.29, 1.82) is 0 Å². The van der Waals surface area contributed by atoms with Gasteiger partial charge < -0.3 is 14.8 Å². The Labute approximate surface area is 273 Å². The van der Waals surface area contributed by atoms with Crippen LogP contribution < -0.4 is 4.73 Å². The van der Waals surface area contributed by atoms with E-state index >= 15 is 0 Å². The molecule has 9 nitrogen and oxygen atoms in total. The normalized spacial score (nSPS) is 15.9. The molecule has 2 fully saturated rings. The van der Waals surface area contributed by atoms with Gasteiger partial charge >= 0.3 is 6.09 Å². The number of benzene rings is 3. The highest BCUT2D eigenvalue weighted by molar-refractivity contribution is 6.31. The van der Waals surface area contributed by atoms with Crippen molar-refractivity contribution in [2.75, 3.05) is 19.7 Å². The average molecular weight is 635 g/mol. The van der Waals surface area contributed by atoms with E-state index in [2.05, 4.69) is 51.9 Å². The number of tetrazole rings is 1. The minimum atomic E-state index is -0.187. The number of aromatic nitrogens is 5. The number of hydrogen-bond acceptors (Lipinski definition) is 6. The molecule has 2 aliphatic rings. The first-order valence-corrected chi connectivity index (χ1v) is 16.2. The number of carbonyl (C=O) groups is 1. The maximum atomic E-state index is 13.9. The van der Waals surface area contributed by atoms with Gasteiger partial charge in [-0.1, -0.05) is 66.2 Å². The van der Waals surface area contributed by atoms with Crippen LogP contribution >= 0.6 is 11.6 Å². The van der Waals surface area contributed by atoms with Gasteiger partial charge in [-0.25, -0.2) is 4.79 Å². The van der Waals surface area contributed by atoms with Gasteiger partial charge in [-0.15, -0.1) is 5.10 Å². The van der Waals surface area contributed by atoms with Crippen LogP contribution in [0.25, 0.3) is 16.8 Å². The van der Waals surface area contributed by atoms with Crippen LogP contribution in [-0.4, -0.2) is 50.9 Å². The molecule has 5 aromatic rings. The molecule has 0 radical (unpaired) electrons. The number of pyridine rings is 1. The van der Waals surface area contributed by atoms with Crippen LogP contribution in [0.15, 0.2) is 97.5 Å². The molecule has 0 bridgehead atoms. The lowest BCUT2D eigenvalue weighted by Gasteiger charge is -2.32. The van der Waals surface area contributed by atoms with Gasteiger partial charge in [0.2, 0.25) is 5.69 Å². The highest BCUT2D eigenvalue weighted by Crippen LogP contribution is 2.35. The first-order chi connectivity index (χ1) is 22.5. The Morgan fingerprint density at radius 2 is 1.80 bits per heavy atom. The van der Waals surface area contributed by atoms with Crippen LogP contribution in [0.3, 0.4) is 0 Å². The summed E-state index contributed by atoms with van der Waals surface area (Å²) < 4.78 is 8.05. The maximum Gasteiger partial charge on any atom is 0.409 e. The Kier molecular flexibility index (Phi) is 8.66. The van der Waals surface area contributed by atoms with Crippen molar-refractivity contribution >= 4 is 17.7 Å². The summed E-state index contributed by atoms with van der Waals surface area (Å²) in [4.78, 5) is 14.4. The van der Waals surface area contributed by atoms with Crippen LogP contribution in [-0.2, 0) is 11.2 Å². The van der Waals surface area contributed by atoms with E-state index in [0.29, 0.717) is 54.2 Å². The molecule has 1 aliphatic heterocycles. The molecule has 46 heavy (non-hydrogen) atoms. The number of carbonyl (C=O) groups excluding carboxylic acids is 1. The van der Waals surface area contributed by atoms with Gasteiger partial charge in [-0.05, 0) is 95.3 Å². The third-order valence-electron chi connectivity index (χ3n) is 9.13. The van der Waals surface area contributed by atoms with Crippen molar-refractivity contribution in [2.24, 2.45) is 5.92 Å². The van der Waals surface area contributed by atoms with Crippen molar-refractivity contribution < 1.29 is 14.3 Å². The lowest BCUT2D eigenvalue weighted by molar-refractivity contribution is -0.614. The van der Waals surface area contributed by atoms with E-state index in [1.54, 1.807) is 16.9 Å². The van der Waals surface area contributed by atoms with Crippen LogP contribution in [0.4, 0.5) is 4.79 Å². The number of nitrogens with zero attached hydrogens (tertiary/aromatic N) is 6. The molecule has 1 amide bonds. The van der Waals surface area contributed by atoms with Gasteiger partial charge in [0.1, 0.15) is 6.33 Å². The Hall–Kier alpha value is -4.76. The van der Waals surface area contributed by atoms with Gasteiger partial charge in [0.05, 0.1) is 18.2 Å². The van der Waals surface area contributed by atoms with Crippen LogP contribution in [0.5, 0.6) is 0 Å². The molecule has 3 aromatic carbocycles. The lowest BCUT2D eigenvalue weighted by Crippen LogP contribution is -2.38. The molecule has 10 heteroatoms. The molecular formula is C36H35ClN6O3. The first kappa shape index (κ1) is 29.9. The summed E-state index contributed by atoms with van der Waals surface area (Å²) in [5, 5.41) is 26.0. The van der Waals surface area contributed by atoms with Crippen molar-refractivity contribution in [1.82, 2.24) is 25.1 Å². The third kappa shape index (κ3) is 6.74. The summed E-state index contributed by atoms with van der Waals surface area (Å²) in [6.07, 6.45) is 7.69. The summed E-state index contributed by atoms with van der Waals surface area (Å²) in [5.41, 5.74) is 6.31. The van der Waals surface area contributed by atoms with Gasteiger partial charge in [0.25, 0.3) is 0 Å². The molecule has 1 atom stereocenters. The lowest BCUT2D eigenvalue weighted by atomic mass is 9.84. The van der Waals surface area contributed by atoms with E-state index in [4.69, 9.17) is 16.3 Å². The van der Waals surface area contributed by atoms with Gasteiger partial charge in [-0.2, -0.15) is 9.41 Å². The van der Waals surface area contributed by atoms with Crippen molar-refractivity contribution in [3.05, 3.63) is 130 Å². The molecule has 2 aromatic heterocycles. The number of halogens is 1. The van der Waals surface area contributed by atoms with Gasteiger partial charge in [0, 0.05) is 35.3 Å². The summed E-state index contributed by atoms with van der Waals surface area (Å²) >= 11 is 6.38. The van der Waals surface area contributed by atoms with Crippen LogP contribution in [0, 0.1) is 11.1 Å². The van der Waals surface area contributed by atoms with Crippen molar-refractivity contribution in [2.45, 2.75) is 43.9 Å². The average Bonchev–Trinajstić information content (AvgIpc) is 3.77. The fourth-order valence-electron chi connectivity index (χ4n) is 6.37. The third-order valence-corrected chi connectivity index (χ3v) is 9.36. The predicted octanol–water partition coefficient (Wildman–Crippen LogP) is 6.72. The number of likely N-dealkylation sites (tertiary alicyclic amines) is 1. The quantitative estimate of drug-likeness (QED) is 0.132. The highest BCUT2D eigenvalue weighted by Gasteiger charge is 2.29. The van der Waals surface area contributed by atoms with E-state index in [1.807, 2.05) is 47.4 Å². The zero-order chi connectivity index (χ0) is 31.5. The Bertz CT molecular complexity index is 1800. The highest BCUT2D eigenvalue weighted by atomic mass is 35.5. The van der Waals surface area contributed by atoms with Gasteiger partial charge in [-0.3, -0.25) is 0 Å². The second-order valence-corrected chi connectivity index (χ2v) is 12.7. The Morgan fingerprint density at radius 1 is 0.978 bits per heavy atom. The zero-order valence-corrected chi connectivity index (χ0v) is 26.2. The molecule has 7 rings (SSSR count). The second-order valence-electron chi connectivity index (χ2n) is 12.3.